The van der Waals surface area contributed by atoms with Gasteiger partial charge in [-0.05, 0) is 37.2 Å². The predicted octanol–water partition coefficient (Wildman–Crippen LogP) is 4.85. The lowest BCUT2D eigenvalue weighted by Crippen LogP contribution is -2.38. The summed E-state index contributed by atoms with van der Waals surface area (Å²) in [5, 5.41) is 0.239. The number of nitrogens with two attached hydrogens (primary N) is 1. The van der Waals surface area contributed by atoms with Crippen LogP contribution in [0.1, 0.15) is 56.6 Å². The summed E-state index contributed by atoms with van der Waals surface area (Å²) in [5.74, 6) is -6.17. The first-order chi connectivity index (χ1) is 13.2. The molecule has 2 atom stereocenters. The Morgan fingerprint density at radius 3 is 2.46 bits per heavy atom. The van der Waals surface area contributed by atoms with E-state index in [9.17, 15) is 22.4 Å². The molecule has 2 saturated carbocycles. The van der Waals surface area contributed by atoms with Crippen LogP contribution in [0, 0.1) is 11.8 Å². The van der Waals surface area contributed by atoms with Crippen molar-refractivity contribution in [3.63, 3.8) is 0 Å². The van der Waals surface area contributed by atoms with Gasteiger partial charge in [0.2, 0.25) is 11.8 Å². The van der Waals surface area contributed by atoms with E-state index in [1.54, 1.807) is 6.07 Å². The van der Waals surface area contributed by atoms with Gasteiger partial charge in [-0.3, -0.25) is 4.79 Å². The van der Waals surface area contributed by atoms with Crippen LogP contribution in [0.3, 0.4) is 0 Å². The molecule has 2 aromatic rings. The number of alkyl halides is 4. The topological polar surface area (TPSA) is 71.8 Å². The number of pyridine rings is 2. The minimum absolute atomic E-state index is 0.0394. The van der Waals surface area contributed by atoms with Gasteiger partial charge in [-0.25, -0.2) is 22.5 Å². The van der Waals surface area contributed by atoms with Gasteiger partial charge in [-0.15, -0.1) is 0 Å². The van der Waals surface area contributed by atoms with E-state index >= 15 is 0 Å². The van der Waals surface area contributed by atoms with E-state index in [0.717, 1.165) is 0 Å². The standard InChI is InChI=1S/C20H23F4N3O/c21-19(22)5-1-11(2-6-19)12-3-7-20(23,24)10-13(12)15-9-16(28)17-14(27-15)4-8-26-18(17)25/h4,8-9,11-13H,1-3,5-7,10H2,(H2,25,26)(H,27,28)/t12-,13?/m0/s1. The molecule has 0 saturated heterocycles. The summed E-state index contributed by atoms with van der Waals surface area (Å²) < 4.78 is 55.6. The van der Waals surface area contributed by atoms with Gasteiger partial charge in [0, 0.05) is 49.6 Å². The number of nitrogens with zero attached hydrogens (tertiary/aromatic N) is 1. The van der Waals surface area contributed by atoms with E-state index in [1.807, 2.05) is 0 Å². The van der Waals surface area contributed by atoms with Gasteiger partial charge in [0.05, 0.1) is 10.9 Å². The zero-order valence-electron chi connectivity index (χ0n) is 15.4. The van der Waals surface area contributed by atoms with E-state index in [0.29, 0.717) is 24.1 Å². The van der Waals surface area contributed by atoms with Gasteiger partial charge < -0.3 is 10.7 Å². The second-order valence-corrected chi connectivity index (χ2v) is 8.27. The molecule has 0 aliphatic heterocycles. The number of fused-ring (bicyclic) bond motifs is 1. The highest BCUT2D eigenvalue weighted by atomic mass is 19.3. The summed E-state index contributed by atoms with van der Waals surface area (Å²) in [5.41, 5.74) is 6.30. The smallest absolute Gasteiger partial charge is 0.248 e. The molecular formula is C20H23F4N3O. The van der Waals surface area contributed by atoms with E-state index in [-0.39, 0.29) is 60.6 Å². The van der Waals surface area contributed by atoms with Crippen LogP contribution in [0.4, 0.5) is 23.4 Å². The largest absolute Gasteiger partial charge is 0.383 e. The third-order valence-corrected chi connectivity index (χ3v) is 6.44. The molecule has 2 heterocycles. The van der Waals surface area contributed by atoms with Crippen molar-refractivity contribution in [1.82, 2.24) is 9.97 Å². The minimum Gasteiger partial charge on any atom is -0.383 e. The third-order valence-electron chi connectivity index (χ3n) is 6.44. The second-order valence-electron chi connectivity index (χ2n) is 8.27. The zero-order chi connectivity index (χ0) is 20.1. The quantitative estimate of drug-likeness (QED) is 0.712. The second kappa shape index (κ2) is 6.74. The molecule has 28 heavy (non-hydrogen) atoms. The molecule has 1 unspecified atom stereocenters. The van der Waals surface area contributed by atoms with E-state index < -0.39 is 17.8 Å². The zero-order valence-corrected chi connectivity index (χ0v) is 15.4. The molecule has 0 amide bonds. The fourth-order valence-corrected chi connectivity index (χ4v) is 5.00. The molecule has 152 valence electrons. The normalized spacial score (nSPS) is 27.7. The van der Waals surface area contributed by atoms with Crippen molar-refractivity contribution in [2.75, 3.05) is 5.73 Å². The van der Waals surface area contributed by atoms with Crippen LogP contribution in [0.2, 0.25) is 0 Å². The van der Waals surface area contributed by atoms with Gasteiger partial charge in [-0.2, -0.15) is 0 Å². The van der Waals surface area contributed by atoms with Gasteiger partial charge in [0.25, 0.3) is 0 Å². The highest BCUT2D eigenvalue weighted by Gasteiger charge is 2.47. The first kappa shape index (κ1) is 19.2. The Morgan fingerprint density at radius 2 is 1.75 bits per heavy atom. The summed E-state index contributed by atoms with van der Waals surface area (Å²) in [6.07, 6.45) is 1.35. The lowest BCUT2D eigenvalue weighted by atomic mass is 9.65. The van der Waals surface area contributed by atoms with Crippen LogP contribution in [0.25, 0.3) is 10.9 Å². The Labute approximate surface area is 159 Å². The molecule has 2 aromatic heterocycles. The van der Waals surface area contributed by atoms with Gasteiger partial charge in [0.1, 0.15) is 5.82 Å². The maximum absolute atomic E-state index is 14.2. The number of aromatic nitrogens is 2. The van der Waals surface area contributed by atoms with E-state index in [1.165, 1.54) is 12.3 Å². The van der Waals surface area contributed by atoms with Crippen molar-refractivity contribution >= 4 is 16.7 Å². The Kier molecular flexibility index (Phi) is 4.62. The maximum atomic E-state index is 14.2. The monoisotopic (exact) mass is 397 g/mol. The average Bonchev–Trinajstić information content (AvgIpc) is 2.61. The number of aromatic amines is 1. The van der Waals surface area contributed by atoms with Crippen LogP contribution in [0.5, 0.6) is 0 Å². The molecule has 0 aromatic carbocycles. The minimum atomic E-state index is -2.83. The molecule has 0 bridgehead atoms. The molecule has 4 nitrogen and oxygen atoms in total. The summed E-state index contributed by atoms with van der Waals surface area (Å²) in [6.45, 7) is 0. The lowest BCUT2D eigenvalue weighted by Gasteiger charge is -2.42. The lowest BCUT2D eigenvalue weighted by molar-refractivity contribution is -0.0840. The van der Waals surface area contributed by atoms with Crippen molar-refractivity contribution in [2.24, 2.45) is 11.8 Å². The fraction of sp³-hybridized carbons (Fsp3) is 0.600. The summed E-state index contributed by atoms with van der Waals surface area (Å²) in [4.78, 5) is 19.6. The Balaban J connectivity index is 1.71. The first-order valence-corrected chi connectivity index (χ1v) is 9.68. The molecule has 0 spiro atoms. The number of halogens is 4. The van der Waals surface area contributed by atoms with Gasteiger partial charge in [-0.1, -0.05) is 0 Å². The number of anilines is 1. The summed E-state index contributed by atoms with van der Waals surface area (Å²) in [6, 6.07) is 2.92. The van der Waals surface area contributed by atoms with Gasteiger partial charge >= 0.3 is 0 Å². The fourth-order valence-electron chi connectivity index (χ4n) is 5.00. The van der Waals surface area contributed by atoms with Crippen molar-refractivity contribution < 1.29 is 17.6 Å². The molecule has 0 radical (unpaired) electrons. The first-order valence-electron chi connectivity index (χ1n) is 9.68. The number of nitrogen functional groups attached to an aromatic ring is 1. The number of rotatable bonds is 2. The Bertz CT molecular complexity index is 933. The van der Waals surface area contributed by atoms with E-state index in [4.69, 9.17) is 5.73 Å². The molecule has 3 N–H and O–H groups in total. The predicted molar refractivity (Wildman–Crippen MR) is 98.7 cm³/mol. The molecule has 8 heteroatoms. The number of hydrogen-bond acceptors (Lipinski definition) is 3. The molecule has 4 rings (SSSR count). The van der Waals surface area contributed by atoms with E-state index in [2.05, 4.69) is 9.97 Å². The van der Waals surface area contributed by atoms with Crippen LogP contribution in [0.15, 0.2) is 23.1 Å². The molecular weight excluding hydrogens is 374 g/mol. The molecule has 2 fully saturated rings. The summed E-state index contributed by atoms with van der Waals surface area (Å²) in [7, 11) is 0. The van der Waals surface area contributed by atoms with Crippen LogP contribution in [-0.4, -0.2) is 21.8 Å². The van der Waals surface area contributed by atoms with Crippen molar-refractivity contribution in [3.8, 4) is 0 Å². The summed E-state index contributed by atoms with van der Waals surface area (Å²) >= 11 is 0. The average molecular weight is 397 g/mol. The number of nitrogens with one attached hydrogen (secondary N) is 1. The molecule has 2 aliphatic rings. The maximum Gasteiger partial charge on any atom is 0.248 e. The Hall–Kier alpha value is -2.12. The number of H-pyrrole nitrogens is 1. The number of hydrogen-bond donors (Lipinski definition) is 2. The SMILES string of the molecule is Nc1nccc2[nH]c(C3CC(F)(F)CC[C@H]3C3CCC(F)(F)CC3)cc(=O)c12. The third kappa shape index (κ3) is 3.61. The highest BCUT2D eigenvalue weighted by molar-refractivity contribution is 5.87. The van der Waals surface area contributed by atoms with Crippen molar-refractivity contribution in [1.29, 1.82) is 0 Å². The van der Waals surface area contributed by atoms with Crippen LogP contribution < -0.4 is 11.2 Å². The van der Waals surface area contributed by atoms with Crippen molar-refractivity contribution in [3.05, 3.63) is 34.2 Å². The Morgan fingerprint density at radius 1 is 1.07 bits per heavy atom. The van der Waals surface area contributed by atoms with Crippen LogP contribution in [-0.2, 0) is 0 Å². The molecule has 2 aliphatic carbocycles. The van der Waals surface area contributed by atoms with Gasteiger partial charge in [0.15, 0.2) is 5.43 Å². The van der Waals surface area contributed by atoms with Crippen molar-refractivity contribution in [2.45, 2.75) is 62.7 Å². The highest BCUT2D eigenvalue weighted by Crippen LogP contribution is 2.51. The van der Waals surface area contributed by atoms with Crippen LogP contribution >= 0.6 is 0 Å².